The maximum absolute atomic E-state index is 12.2. The molecule has 0 aromatic heterocycles. The van der Waals surface area contributed by atoms with Gasteiger partial charge in [0.15, 0.2) is 0 Å². The Labute approximate surface area is 154 Å². The molecule has 5 rings (SSSR count). The number of nitrogens with zero attached hydrogens (tertiary/aromatic N) is 1. The number of carbonyl (C=O) groups excluding carboxylic acids is 1. The third-order valence-electron chi connectivity index (χ3n) is 7.64. The van der Waals surface area contributed by atoms with Gasteiger partial charge < -0.3 is 14.9 Å². The van der Waals surface area contributed by atoms with Gasteiger partial charge in [0.1, 0.15) is 24.6 Å². The van der Waals surface area contributed by atoms with Gasteiger partial charge in [0.2, 0.25) is 0 Å². The zero-order valence-electron chi connectivity index (χ0n) is 15.6. The lowest BCUT2D eigenvalue weighted by molar-refractivity contribution is -0.941. The molecule has 26 heavy (non-hydrogen) atoms. The van der Waals surface area contributed by atoms with Crippen LogP contribution < -0.4 is 5.32 Å². The third kappa shape index (κ3) is 1.67. The number of aromatic hydroxyl groups is 1. The average molecular weight is 351 g/mol. The van der Waals surface area contributed by atoms with Crippen molar-refractivity contribution in [1.82, 2.24) is 0 Å². The summed E-state index contributed by atoms with van der Waals surface area (Å²) in [6.45, 7) is 7.80. The molecule has 136 valence electrons. The highest BCUT2D eigenvalue weighted by Gasteiger charge is 2.68. The summed E-state index contributed by atoms with van der Waals surface area (Å²) in [6, 6.07) is 6.35. The molecule has 0 unspecified atom stereocenters. The van der Waals surface area contributed by atoms with Crippen molar-refractivity contribution in [2.45, 2.75) is 44.6 Å². The van der Waals surface area contributed by atoms with Crippen LogP contribution in [0, 0.1) is 5.92 Å². The molecular formula is C22H27N2O2+. The molecular weight excluding hydrogens is 324 g/mol. The van der Waals surface area contributed by atoms with E-state index in [9.17, 15) is 9.90 Å². The van der Waals surface area contributed by atoms with Crippen molar-refractivity contribution in [3.8, 4) is 5.75 Å². The van der Waals surface area contributed by atoms with Crippen molar-refractivity contribution in [2.75, 3.05) is 25.0 Å². The van der Waals surface area contributed by atoms with E-state index in [0.29, 0.717) is 11.8 Å². The molecule has 0 amide bonds. The maximum atomic E-state index is 12.2. The minimum atomic E-state index is -0.130. The van der Waals surface area contributed by atoms with Crippen LogP contribution in [0.25, 0.3) is 0 Å². The van der Waals surface area contributed by atoms with Crippen molar-refractivity contribution in [2.24, 2.45) is 5.92 Å². The lowest BCUT2D eigenvalue weighted by Gasteiger charge is -2.53. The number of para-hydroxylation sites is 1. The Hall–Kier alpha value is -2.07. The van der Waals surface area contributed by atoms with Gasteiger partial charge in [-0.15, -0.1) is 0 Å². The van der Waals surface area contributed by atoms with Gasteiger partial charge in [0, 0.05) is 30.0 Å². The minimum Gasteiger partial charge on any atom is -0.506 e. The van der Waals surface area contributed by atoms with Gasteiger partial charge in [-0.25, -0.2) is 0 Å². The summed E-state index contributed by atoms with van der Waals surface area (Å²) in [6.07, 6.45) is 6.60. The molecule has 1 spiro atoms. The zero-order valence-corrected chi connectivity index (χ0v) is 15.6. The van der Waals surface area contributed by atoms with Gasteiger partial charge in [0.05, 0.1) is 24.2 Å². The number of anilines is 1. The standard InChI is InChI=1S/C22H26N2O2/c1-3-9-24-10-8-22-17-6-5-7-18(26)20(17)23-21(22)16(13-25)15(11-19(22)24)14(4-2)12-24/h4-7,13,15,19H,3,8-12H2,1-2H3,(H-,23,25,26)/p+1/b14-4-/t15-,19-,22+,24-/m0/s1. The number of allylic oxidation sites excluding steroid dienone is 2. The average Bonchev–Trinajstić information content (AvgIpc) is 3.17. The molecule has 0 radical (unpaired) electrons. The van der Waals surface area contributed by atoms with Crippen LogP contribution in [0.2, 0.25) is 0 Å². The van der Waals surface area contributed by atoms with E-state index in [0.717, 1.165) is 53.7 Å². The fourth-order valence-corrected chi connectivity index (χ4v) is 6.73. The summed E-state index contributed by atoms with van der Waals surface area (Å²) >= 11 is 0. The largest absolute Gasteiger partial charge is 0.506 e. The highest BCUT2D eigenvalue weighted by Crippen LogP contribution is 2.64. The number of rotatable bonds is 3. The summed E-state index contributed by atoms with van der Waals surface area (Å²) < 4.78 is 1.14. The van der Waals surface area contributed by atoms with Crippen LogP contribution in [0.5, 0.6) is 5.75 Å². The van der Waals surface area contributed by atoms with Crippen molar-refractivity contribution in [3.05, 3.63) is 46.7 Å². The number of aldehydes is 1. The predicted octanol–water partition coefficient (Wildman–Crippen LogP) is 3.49. The molecule has 1 aromatic rings. The number of benzene rings is 1. The van der Waals surface area contributed by atoms with Gasteiger partial charge in [-0.3, -0.25) is 4.79 Å². The second-order valence-electron chi connectivity index (χ2n) is 8.49. The Morgan fingerprint density at radius 1 is 1.42 bits per heavy atom. The van der Waals surface area contributed by atoms with E-state index in [1.54, 1.807) is 6.07 Å². The van der Waals surface area contributed by atoms with E-state index in [1.807, 2.05) is 6.07 Å². The van der Waals surface area contributed by atoms with Crippen LogP contribution in [0.15, 0.2) is 41.1 Å². The smallest absolute Gasteiger partial charge is 0.148 e. The first-order valence-electron chi connectivity index (χ1n) is 9.91. The Kier molecular flexibility index (Phi) is 3.24. The Bertz CT molecular complexity index is 871. The summed E-state index contributed by atoms with van der Waals surface area (Å²) in [5.41, 5.74) is 5.32. The van der Waals surface area contributed by atoms with Crippen LogP contribution in [0.3, 0.4) is 0 Å². The van der Waals surface area contributed by atoms with Gasteiger partial charge in [-0.2, -0.15) is 0 Å². The summed E-state index contributed by atoms with van der Waals surface area (Å²) in [4.78, 5) is 12.2. The fraction of sp³-hybridized carbons (Fsp3) is 0.500. The SMILES string of the molecule is C/C=C1/C[N@+]2(CCC)CC[C@]34C(=C(C=O)[C@H]1C[C@@H]32)Nc1c(O)cccc14. The van der Waals surface area contributed by atoms with Crippen molar-refractivity contribution >= 4 is 12.0 Å². The van der Waals surface area contributed by atoms with Crippen LogP contribution in [0.1, 0.15) is 38.7 Å². The number of carbonyl (C=O) groups is 1. The first-order chi connectivity index (χ1) is 12.6. The summed E-state index contributed by atoms with van der Waals surface area (Å²) in [5, 5.41) is 14.0. The molecule has 3 aliphatic heterocycles. The quantitative estimate of drug-likeness (QED) is 0.379. The third-order valence-corrected chi connectivity index (χ3v) is 7.64. The van der Waals surface area contributed by atoms with Crippen LogP contribution in [-0.4, -0.2) is 41.6 Å². The summed E-state index contributed by atoms with van der Waals surface area (Å²) in [5.74, 6) is 0.529. The van der Waals surface area contributed by atoms with E-state index >= 15 is 0 Å². The molecule has 2 bridgehead atoms. The Morgan fingerprint density at radius 3 is 3.00 bits per heavy atom. The van der Waals surface area contributed by atoms with Crippen molar-refractivity contribution in [1.29, 1.82) is 0 Å². The van der Waals surface area contributed by atoms with E-state index in [4.69, 9.17) is 0 Å². The molecule has 0 saturated carbocycles. The second-order valence-corrected chi connectivity index (χ2v) is 8.49. The van der Waals surface area contributed by atoms with E-state index < -0.39 is 0 Å². The molecule has 4 nitrogen and oxygen atoms in total. The van der Waals surface area contributed by atoms with Gasteiger partial charge in [-0.1, -0.05) is 25.1 Å². The maximum Gasteiger partial charge on any atom is 0.148 e. The Balaban J connectivity index is 1.82. The van der Waals surface area contributed by atoms with E-state index in [1.165, 1.54) is 24.1 Å². The first-order valence-corrected chi connectivity index (χ1v) is 9.91. The number of nitrogens with one attached hydrogen (secondary N) is 1. The van der Waals surface area contributed by atoms with Crippen molar-refractivity contribution in [3.63, 3.8) is 0 Å². The number of quaternary nitrogens is 1. The molecule has 1 aliphatic carbocycles. The molecule has 2 saturated heterocycles. The normalized spacial score (nSPS) is 38.2. The molecule has 4 heteroatoms. The van der Waals surface area contributed by atoms with Gasteiger partial charge in [-0.05, 0) is 30.5 Å². The highest BCUT2D eigenvalue weighted by atomic mass is 16.3. The first kappa shape index (κ1) is 16.1. The molecule has 4 aliphatic rings. The van der Waals surface area contributed by atoms with Gasteiger partial charge >= 0.3 is 0 Å². The number of phenolic OH excluding ortho intramolecular Hbond substituents is 1. The topological polar surface area (TPSA) is 49.3 Å². The van der Waals surface area contributed by atoms with Crippen LogP contribution in [-0.2, 0) is 10.2 Å². The highest BCUT2D eigenvalue weighted by molar-refractivity contribution is 5.85. The number of hydrogen-bond donors (Lipinski definition) is 2. The lowest BCUT2D eigenvalue weighted by Crippen LogP contribution is -2.63. The zero-order chi connectivity index (χ0) is 18.1. The minimum absolute atomic E-state index is 0.130. The molecule has 1 aromatic carbocycles. The lowest BCUT2D eigenvalue weighted by atomic mass is 9.61. The Morgan fingerprint density at radius 2 is 2.27 bits per heavy atom. The molecule has 2 N–H and O–H groups in total. The molecule has 2 fully saturated rings. The van der Waals surface area contributed by atoms with Crippen molar-refractivity contribution < 1.29 is 14.4 Å². The van der Waals surface area contributed by atoms with E-state index in [-0.39, 0.29) is 11.3 Å². The monoisotopic (exact) mass is 351 g/mol. The number of phenols is 1. The van der Waals surface area contributed by atoms with Crippen LogP contribution in [0.4, 0.5) is 5.69 Å². The number of fused-ring (bicyclic) bond motifs is 2. The molecule has 3 heterocycles. The second kappa shape index (κ2) is 5.23. The predicted molar refractivity (Wildman–Crippen MR) is 102 cm³/mol. The number of hydrogen-bond acceptors (Lipinski definition) is 3. The number of piperidine rings is 1. The molecule has 4 atom stereocenters. The van der Waals surface area contributed by atoms with Gasteiger partial charge in [0.25, 0.3) is 0 Å². The fourth-order valence-electron chi connectivity index (χ4n) is 6.73. The van der Waals surface area contributed by atoms with E-state index in [2.05, 4.69) is 31.3 Å². The summed E-state index contributed by atoms with van der Waals surface area (Å²) in [7, 11) is 0. The van der Waals surface area contributed by atoms with Crippen LogP contribution >= 0.6 is 0 Å².